The molecule has 0 amide bonds. The number of hydrogen-bond donors (Lipinski definition) is 0. The number of benzene rings is 2. The van der Waals surface area contributed by atoms with Crippen LogP contribution in [0.4, 0.5) is 0 Å². The maximum atomic E-state index is 5.31. The molecule has 0 radical (unpaired) electrons. The first-order valence-corrected chi connectivity index (χ1v) is 6.96. The Kier molecular flexibility index (Phi) is 3.48. The second-order valence-corrected chi connectivity index (χ2v) is 5.13. The van der Waals surface area contributed by atoms with Crippen LogP contribution in [0, 0.1) is 13.8 Å². The minimum absolute atomic E-state index is 0.902. The highest BCUT2D eigenvalue weighted by Crippen LogP contribution is 2.27. The molecule has 3 heteroatoms. The fraction of sp³-hybridized carbons (Fsp3) is 0.167. The number of rotatable bonds is 3. The Labute approximate surface area is 124 Å². The molecule has 21 heavy (non-hydrogen) atoms. The standard InChI is InChI=1S/C18H18N2O/c1-13-11-15(9-10-17(13)21-3)18-14(2)12-20(19-18)16-7-5-4-6-8-16/h4-12H,1-3H3. The summed E-state index contributed by atoms with van der Waals surface area (Å²) in [6, 6.07) is 16.3. The van der Waals surface area contributed by atoms with Crippen LogP contribution < -0.4 is 4.74 Å². The van der Waals surface area contributed by atoms with Gasteiger partial charge in [-0.2, -0.15) is 5.10 Å². The number of aromatic nitrogens is 2. The maximum Gasteiger partial charge on any atom is 0.121 e. The molecule has 0 atom stereocenters. The monoisotopic (exact) mass is 278 g/mol. The molecule has 3 rings (SSSR count). The number of ether oxygens (including phenoxy) is 1. The van der Waals surface area contributed by atoms with Crippen LogP contribution in [0.5, 0.6) is 5.75 Å². The summed E-state index contributed by atoms with van der Waals surface area (Å²) in [5.74, 6) is 0.902. The molecule has 2 aromatic carbocycles. The van der Waals surface area contributed by atoms with Gasteiger partial charge in [0.2, 0.25) is 0 Å². The van der Waals surface area contributed by atoms with Gasteiger partial charge >= 0.3 is 0 Å². The molecule has 0 fully saturated rings. The summed E-state index contributed by atoms with van der Waals surface area (Å²) in [5.41, 5.74) is 5.45. The third-order valence-electron chi connectivity index (χ3n) is 3.59. The number of para-hydroxylation sites is 1. The zero-order valence-electron chi connectivity index (χ0n) is 12.5. The highest BCUT2D eigenvalue weighted by Gasteiger charge is 2.10. The summed E-state index contributed by atoms with van der Waals surface area (Å²) in [6.45, 7) is 4.13. The fourth-order valence-corrected chi connectivity index (χ4v) is 2.48. The van der Waals surface area contributed by atoms with E-state index in [2.05, 4.69) is 37.4 Å². The second kappa shape index (κ2) is 5.44. The summed E-state index contributed by atoms with van der Waals surface area (Å²) in [6.07, 6.45) is 2.06. The Morgan fingerprint density at radius 1 is 0.952 bits per heavy atom. The summed E-state index contributed by atoms with van der Waals surface area (Å²) in [4.78, 5) is 0. The minimum atomic E-state index is 0.902. The molecular weight excluding hydrogens is 260 g/mol. The Morgan fingerprint density at radius 3 is 2.38 bits per heavy atom. The van der Waals surface area contributed by atoms with Crippen LogP contribution in [0.2, 0.25) is 0 Å². The molecule has 1 heterocycles. The maximum absolute atomic E-state index is 5.31. The van der Waals surface area contributed by atoms with Crippen LogP contribution >= 0.6 is 0 Å². The van der Waals surface area contributed by atoms with Gasteiger partial charge in [-0.05, 0) is 55.3 Å². The van der Waals surface area contributed by atoms with Crippen LogP contribution in [-0.4, -0.2) is 16.9 Å². The first kappa shape index (κ1) is 13.4. The minimum Gasteiger partial charge on any atom is -0.496 e. The average molecular weight is 278 g/mol. The van der Waals surface area contributed by atoms with E-state index >= 15 is 0 Å². The molecule has 0 N–H and O–H groups in total. The van der Waals surface area contributed by atoms with Gasteiger partial charge in [-0.25, -0.2) is 4.68 Å². The van der Waals surface area contributed by atoms with Gasteiger partial charge in [0.1, 0.15) is 5.75 Å². The molecule has 0 unspecified atom stereocenters. The van der Waals surface area contributed by atoms with Crippen molar-refractivity contribution in [3.63, 3.8) is 0 Å². The Bertz CT molecular complexity index is 760. The van der Waals surface area contributed by atoms with E-state index in [-0.39, 0.29) is 0 Å². The molecule has 3 aromatic rings. The van der Waals surface area contributed by atoms with Crippen molar-refractivity contribution in [2.24, 2.45) is 0 Å². The molecular formula is C18H18N2O. The van der Waals surface area contributed by atoms with Crippen LogP contribution in [0.1, 0.15) is 11.1 Å². The highest BCUT2D eigenvalue weighted by molar-refractivity contribution is 5.65. The van der Waals surface area contributed by atoms with E-state index in [1.165, 1.54) is 0 Å². The first-order chi connectivity index (χ1) is 10.2. The lowest BCUT2D eigenvalue weighted by atomic mass is 10.1. The van der Waals surface area contributed by atoms with E-state index in [4.69, 9.17) is 9.84 Å². The molecule has 0 bridgehead atoms. The highest BCUT2D eigenvalue weighted by atomic mass is 16.5. The second-order valence-electron chi connectivity index (χ2n) is 5.13. The summed E-state index contributed by atoms with van der Waals surface area (Å²) in [5, 5.41) is 4.72. The lowest BCUT2D eigenvalue weighted by Crippen LogP contribution is -1.94. The van der Waals surface area contributed by atoms with Crippen molar-refractivity contribution in [2.75, 3.05) is 7.11 Å². The fourth-order valence-electron chi connectivity index (χ4n) is 2.48. The van der Waals surface area contributed by atoms with E-state index in [0.29, 0.717) is 0 Å². The van der Waals surface area contributed by atoms with Crippen LogP contribution in [-0.2, 0) is 0 Å². The lowest BCUT2D eigenvalue weighted by molar-refractivity contribution is 0.412. The topological polar surface area (TPSA) is 27.1 Å². The van der Waals surface area contributed by atoms with Crippen molar-refractivity contribution in [3.8, 4) is 22.7 Å². The van der Waals surface area contributed by atoms with Gasteiger partial charge in [0.05, 0.1) is 18.5 Å². The summed E-state index contributed by atoms with van der Waals surface area (Å²) in [7, 11) is 1.69. The average Bonchev–Trinajstić information content (AvgIpc) is 2.90. The van der Waals surface area contributed by atoms with Crippen LogP contribution in [0.15, 0.2) is 54.7 Å². The molecule has 106 valence electrons. The summed E-state index contributed by atoms with van der Waals surface area (Å²) >= 11 is 0. The van der Waals surface area contributed by atoms with Gasteiger partial charge in [-0.3, -0.25) is 0 Å². The number of aryl methyl sites for hydroxylation is 2. The quantitative estimate of drug-likeness (QED) is 0.719. The normalized spacial score (nSPS) is 10.6. The Balaban J connectivity index is 2.04. The van der Waals surface area contributed by atoms with Gasteiger partial charge in [-0.15, -0.1) is 0 Å². The summed E-state index contributed by atoms with van der Waals surface area (Å²) < 4.78 is 7.24. The van der Waals surface area contributed by atoms with E-state index in [9.17, 15) is 0 Å². The largest absolute Gasteiger partial charge is 0.496 e. The molecule has 0 aliphatic carbocycles. The predicted molar refractivity (Wildman–Crippen MR) is 85.0 cm³/mol. The number of nitrogens with zero attached hydrogens (tertiary/aromatic N) is 2. The zero-order chi connectivity index (χ0) is 14.8. The van der Waals surface area contributed by atoms with E-state index in [1.54, 1.807) is 7.11 Å². The van der Waals surface area contributed by atoms with E-state index < -0.39 is 0 Å². The number of methoxy groups -OCH3 is 1. The van der Waals surface area contributed by atoms with Crippen molar-refractivity contribution < 1.29 is 4.74 Å². The van der Waals surface area contributed by atoms with Gasteiger partial charge in [0.25, 0.3) is 0 Å². The van der Waals surface area contributed by atoms with Crippen molar-refractivity contribution in [1.29, 1.82) is 0 Å². The Morgan fingerprint density at radius 2 is 1.71 bits per heavy atom. The lowest BCUT2D eigenvalue weighted by Gasteiger charge is -2.06. The molecule has 0 aliphatic heterocycles. The van der Waals surface area contributed by atoms with Crippen LogP contribution in [0.3, 0.4) is 0 Å². The van der Waals surface area contributed by atoms with E-state index in [0.717, 1.165) is 33.8 Å². The van der Waals surface area contributed by atoms with Gasteiger partial charge in [-0.1, -0.05) is 18.2 Å². The Hall–Kier alpha value is -2.55. The predicted octanol–water partition coefficient (Wildman–Crippen LogP) is 4.16. The van der Waals surface area contributed by atoms with Gasteiger partial charge < -0.3 is 4.74 Å². The molecule has 0 saturated carbocycles. The molecule has 1 aromatic heterocycles. The van der Waals surface area contributed by atoms with Crippen molar-refractivity contribution in [3.05, 3.63) is 65.9 Å². The SMILES string of the molecule is COc1ccc(-c2nn(-c3ccccc3)cc2C)cc1C. The molecule has 0 saturated heterocycles. The third kappa shape index (κ3) is 2.55. The van der Waals surface area contributed by atoms with Crippen molar-refractivity contribution >= 4 is 0 Å². The third-order valence-corrected chi connectivity index (χ3v) is 3.59. The number of hydrogen-bond acceptors (Lipinski definition) is 2. The molecule has 3 nitrogen and oxygen atoms in total. The van der Waals surface area contributed by atoms with Crippen molar-refractivity contribution in [1.82, 2.24) is 9.78 Å². The zero-order valence-corrected chi connectivity index (χ0v) is 12.5. The van der Waals surface area contributed by atoms with E-state index in [1.807, 2.05) is 35.9 Å². The molecule has 0 aliphatic rings. The first-order valence-electron chi connectivity index (χ1n) is 6.96. The van der Waals surface area contributed by atoms with Crippen molar-refractivity contribution in [2.45, 2.75) is 13.8 Å². The smallest absolute Gasteiger partial charge is 0.121 e. The molecule has 0 spiro atoms. The van der Waals surface area contributed by atoms with Crippen LogP contribution in [0.25, 0.3) is 16.9 Å². The van der Waals surface area contributed by atoms with Gasteiger partial charge in [0.15, 0.2) is 0 Å². The van der Waals surface area contributed by atoms with Gasteiger partial charge in [0, 0.05) is 11.8 Å².